The molecule has 2 rings (SSSR count). The van der Waals surface area contributed by atoms with Crippen molar-refractivity contribution >= 4 is 29.3 Å². The van der Waals surface area contributed by atoms with E-state index in [9.17, 15) is 18.0 Å². The summed E-state index contributed by atoms with van der Waals surface area (Å²) >= 11 is 6.19. The minimum absolute atomic E-state index is 0.116. The number of carbonyl (C=O) groups excluding carboxylic acids is 1. The largest absolute Gasteiger partial charge is 0.493 e. The molecular weight excluding hydrogens is 383 g/mol. The third-order valence-electron chi connectivity index (χ3n) is 3.30. The highest BCUT2D eigenvalue weighted by Gasteiger charge is 2.14. The Kier molecular flexibility index (Phi) is 6.74. The van der Waals surface area contributed by atoms with Crippen molar-refractivity contribution in [3.63, 3.8) is 0 Å². The first-order valence-corrected chi connectivity index (χ1v) is 8.27. The van der Waals surface area contributed by atoms with Gasteiger partial charge in [-0.2, -0.15) is 0 Å². The summed E-state index contributed by atoms with van der Waals surface area (Å²) in [6.45, 7) is 3.68. The molecule has 0 saturated carbocycles. The summed E-state index contributed by atoms with van der Waals surface area (Å²) in [5, 5.41) is 2.42. The fourth-order valence-corrected chi connectivity index (χ4v) is 2.41. The molecule has 8 heteroatoms. The van der Waals surface area contributed by atoms with Gasteiger partial charge in [-0.15, -0.1) is 0 Å². The Morgan fingerprint density at radius 3 is 2.41 bits per heavy atom. The minimum atomic E-state index is -1.34. The molecule has 0 unspecified atom stereocenters. The molecule has 0 saturated heterocycles. The molecule has 0 radical (unpaired) electrons. The lowest BCUT2D eigenvalue weighted by atomic mass is 10.1. The molecule has 0 aliphatic rings. The van der Waals surface area contributed by atoms with Crippen molar-refractivity contribution in [2.24, 2.45) is 0 Å². The first kappa shape index (κ1) is 20.6. The molecule has 0 atom stereocenters. The molecule has 1 N–H and O–H groups in total. The van der Waals surface area contributed by atoms with E-state index in [2.05, 4.69) is 5.32 Å². The minimum Gasteiger partial charge on any atom is -0.493 e. The van der Waals surface area contributed by atoms with Gasteiger partial charge in [0.1, 0.15) is 5.82 Å². The van der Waals surface area contributed by atoms with Crippen LogP contribution in [0, 0.1) is 17.5 Å². The number of carbonyl (C=O) groups is 1. The molecule has 4 nitrogen and oxygen atoms in total. The van der Waals surface area contributed by atoms with Gasteiger partial charge in [-0.3, -0.25) is 4.79 Å². The van der Waals surface area contributed by atoms with E-state index in [0.717, 1.165) is 6.08 Å². The van der Waals surface area contributed by atoms with Crippen LogP contribution >= 0.6 is 11.6 Å². The molecule has 0 aromatic heterocycles. The van der Waals surface area contributed by atoms with Crippen LogP contribution in [0.15, 0.2) is 30.3 Å². The van der Waals surface area contributed by atoms with E-state index in [1.807, 2.05) is 13.8 Å². The van der Waals surface area contributed by atoms with E-state index in [0.29, 0.717) is 29.2 Å². The van der Waals surface area contributed by atoms with Crippen molar-refractivity contribution in [3.8, 4) is 11.5 Å². The Hall–Kier alpha value is -2.67. The topological polar surface area (TPSA) is 47.6 Å². The van der Waals surface area contributed by atoms with E-state index >= 15 is 0 Å². The fourth-order valence-electron chi connectivity index (χ4n) is 2.15. The molecule has 0 bridgehead atoms. The average Bonchev–Trinajstić information content (AvgIpc) is 2.59. The number of rotatable bonds is 6. The maximum atomic E-state index is 13.6. The molecule has 144 valence electrons. The van der Waals surface area contributed by atoms with Crippen LogP contribution in [-0.2, 0) is 4.79 Å². The van der Waals surface area contributed by atoms with E-state index < -0.39 is 29.0 Å². The second kappa shape index (κ2) is 8.81. The lowest BCUT2D eigenvalue weighted by Gasteiger charge is -2.15. The SMILES string of the molecule is COc1cc(/C=C/C(=O)Nc2cc(F)c(F)cc2F)cc(Cl)c1OC(C)C. The lowest BCUT2D eigenvalue weighted by Crippen LogP contribution is -2.10. The standard InChI is InChI=1S/C19H17ClF3NO3/c1-10(2)27-19-12(20)6-11(7-17(19)26-3)4-5-18(25)24-16-9-14(22)13(21)8-15(16)23/h4-10H,1-3H3,(H,24,25)/b5-4+. The monoisotopic (exact) mass is 399 g/mol. The summed E-state index contributed by atoms with van der Waals surface area (Å²) in [6.07, 6.45) is 2.38. The molecule has 27 heavy (non-hydrogen) atoms. The van der Waals surface area contributed by atoms with Crippen LogP contribution < -0.4 is 14.8 Å². The molecule has 0 aliphatic heterocycles. The average molecular weight is 400 g/mol. The van der Waals surface area contributed by atoms with E-state index in [4.69, 9.17) is 21.1 Å². The van der Waals surface area contributed by atoms with Gasteiger partial charge in [0, 0.05) is 18.2 Å². The summed E-state index contributed by atoms with van der Waals surface area (Å²) in [6, 6.07) is 4.08. The van der Waals surface area contributed by atoms with Gasteiger partial charge in [0.15, 0.2) is 23.1 Å². The predicted octanol–water partition coefficient (Wildman–Crippen LogP) is 5.21. The Morgan fingerprint density at radius 1 is 1.11 bits per heavy atom. The van der Waals surface area contributed by atoms with Crippen molar-refractivity contribution in [1.82, 2.24) is 0 Å². The van der Waals surface area contributed by atoms with Crippen LogP contribution in [0.25, 0.3) is 6.08 Å². The maximum absolute atomic E-state index is 13.6. The smallest absolute Gasteiger partial charge is 0.248 e. The number of halogens is 4. The normalized spacial score (nSPS) is 11.1. The van der Waals surface area contributed by atoms with E-state index in [1.165, 1.54) is 13.2 Å². The van der Waals surface area contributed by atoms with Gasteiger partial charge in [-0.1, -0.05) is 11.6 Å². The molecule has 1 amide bonds. The molecular formula is C19H17ClF3NO3. The third-order valence-corrected chi connectivity index (χ3v) is 3.58. The van der Waals surface area contributed by atoms with Crippen LogP contribution in [0.3, 0.4) is 0 Å². The number of ether oxygens (including phenoxy) is 2. The first-order chi connectivity index (χ1) is 12.7. The van der Waals surface area contributed by atoms with Gasteiger partial charge in [-0.25, -0.2) is 13.2 Å². The summed E-state index contributed by atoms with van der Waals surface area (Å²) in [5.74, 6) is -3.69. The number of hydrogen-bond donors (Lipinski definition) is 1. The van der Waals surface area contributed by atoms with Crippen LogP contribution in [-0.4, -0.2) is 19.1 Å². The van der Waals surface area contributed by atoms with Crippen molar-refractivity contribution < 1.29 is 27.4 Å². The van der Waals surface area contributed by atoms with Crippen molar-refractivity contribution in [1.29, 1.82) is 0 Å². The molecule has 2 aromatic carbocycles. The Labute approximate surface area is 159 Å². The number of nitrogens with one attached hydrogen (secondary N) is 1. The van der Waals surface area contributed by atoms with Gasteiger partial charge in [-0.05, 0) is 37.6 Å². The van der Waals surface area contributed by atoms with Crippen molar-refractivity contribution in [2.75, 3.05) is 12.4 Å². The van der Waals surface area contributed by atoms with Crippen LogP contribution in [0.2, 0.25) is 5.02 Å². The Bertz CT molecular complexity index is 885. The highest BCUT2D eigenvalue weighted by molar-refractivity contribution is 6.32. The summed E-state index contributed by atoms with van der Waals surface area (Å²) in [5.41, 5.74) is 0.0497. The quantitative estimate of drug-likeness (QED) is 0.536. The fraction of sp³-hybridized carbons (Fsp3) is 0.211. The Morgan fingerprint density at radius 2 is 1.78 bits per heavy atom. The summed E-state index contributed by atoms with van der Waals surface area (Å²) in [4.78, 5) is 11.9. The van der Waals surface area contributed by atoms with Crippen LogP contribution in [0.4, 0.5) is 18.9 Å². The van der Waals surface area contributed by atoms with E-state index in [-0.39, 0.29) is 11.1 Å². The van der Waals surface area contributed by atoms with Crippen LogP contribution in [0.5, 0.6) is 11.5 Å². The Balaban J connectivity index is 2.19. The number of hydrogen-bond acceptors (Lipinski definition) is 3. The molecule has 0 fully saturated rings. The number of methoxy groups -OCH3 is 1. The predicted molar refractivity (Wildman–Crippen MR) is 97.7 cm³/mol. The first-order valence-electron chi connectivity index (χ1n) is 7.89. The lowest BCUT2D eigenvalue weighted by molar-refractivity contribution is -0.111. The maximum Gasteiger partial charge on any atom is 0.248 e. The van der Waals surface area contributed by atoms with Gasteiger partial charge in [0.2, 0.25) is 5.91 Å². The highest BCUT2D eigenvalue weighted by Crippen LogP contribution is 2.37. The van der Waals surface area contributed by atoms with Gasteiger partial charge < -0.3 is 14.8 Å². The van der Waals surface area contributed by atoms with Gasteiger partial charge >= 0.3 is 0 Å². The molecule has 2 aromatic rings. The van der Waals surface area contributed by atoms with E-state index in [1.54, 1.807) is 12.1 Å². The van der Waals surface area contributed by atoms with Crippen LogP contribution in [0.1, 0.15) is 19.4 Å². The molecule has 0 heterocycles. The zero-order valence-electron chi connectivity index (χ0n) is 14.8. The summed E-state index contributed by atoms with van der Waals surface area (Å²) < 4.78 is 50.5. The number of anilines is 1. The summed E-state index contributed by atoms with van der Waals surface area (Å²) in [7, 11) is 1.45. The van der Waals surface area contributed by atoms with Crippen molar-refractivity contribution in [2.45, 2.75) is 20.0 Å². The second-order valence-electron chi connectivity index (χ2n) is 5.77. The molecule has 0 spiro atoms. The zero-order valence-corrected chi connectivity index (χ0v) is 15.5. The zero-order chi connectivity index (χ0) is 20.1. The van der Waals surface area contributed by atoms with Gasteiger partial charge in [0.05, 0.1) is 23.9 Å². The highest BCUT2D eigenvalue weighted by atomic mass is 35.5. The number of amides is 1. The van der Waals surface area contributed by atoms with Gasteiger partial charge in [0.25, 0.3) is 0 Å². The van der Waals surface area contributed by atoms with Crippen molar-refractivity contribution in [3.05, 3.63) is 58.4 Å². The third kappa shape index (κ3) is 5.40. The number of benzene rings is 2. The molecule has 0 aliphatic carbocycles. The second-order valence-corrected chi connectivity index (χ2v) is 6.18.